The smallest absolute Gasteiger partial charge is 0.310 e. The number of esters is 1. The van der Waals surface area contributed by atoms with Gasteiger partial charge >= 0.3 is 5.97 Å². The third-order valence-electron chi connectivity index (χ3n) is 4.99. The Morgan fingerprint density at radius 1 is 1.00 bits per heavy atom. The quantitative estimate of drug-likeness (QED) is 0.230. The van der Waals surface area contributed by atoms with Crippen molar-refractivity contribution in [1.82, 2.24) is 9.78 Å². The third-order valence-corrected chi connectivity index (χ3v) is 5.62. The minimum atomic E-state index is -0.372. The van der Waals surface area contributed by atoms with Crippen LogP contribution in [0.1, 0.15) is 13.3 Å². The van der Waals surface area contributed by atoms with Gasteiger partial charge in [-0.1, -0.05) is 54.4 Å². The van der Waals surface area contributed by atoms with Crippen molar-refractivity contribution in [3.8, 4) is 39.4 Å². The molecule has 0 N–H and O–H groups in total. The molecule has 1 heterocycles. The van der Waals surface area contributed by atoms with Gasteiger partial charge in [-0.3, -0.25) is 4.79 Å². The van der Waals surface area contributed by atoms with Gasteiger partial charge in [0.25, 0.3) is 0 Å². The molecule has 0 fully saturated rings. The summed E-state index contributed by atoms with van der Waals surface area (Å²) in [4.78, 5) is 12.4. The number of hydrogen-bond acceptors (Lipinski definition) is 4. The van der Waals surface area contributed by atoms with Crippen LogP contribution in [0.4, 0.5) is 0 Å². The number of ether oxygens (including phenoxy) is 2. The Kier molecular flexibility index (Phi) is 6.49. The first kappa shape index (κ1) is 21.9. The van der Waals surface area contributed by atoms with E-state index in [1.165, 1.54) is 0 Å². The van der Waals surface area contributed by atoms with E-state index in [9.17, 15) is 4.79 Å². The number of benzene rings is 3. The second-order valence-electron chi connectivity index (χ2n) is 6.98. The van der Waals surface area contributed by atoms with E-state index >= 15 is 0 Å². The minimum absolute atomic E-state index is 0.219. The summed E-state index contributed by atoms with van der Waals surface area (Å²) in [6.07, 6.45) is 3.62. The van der Waals surface area contributed by atoms with E-state index in [0.717, 1.165) is 22.4 Å². The molecule has 4 rings (SSSR count). The highest BCUT2D eigenvalue weighted by Gasteiger charge is 2.24. The van der Waals surface area contributed by atoms with Crippen LogP contribution in [0.3, 0.4) is 0 Å². The van der Waals surface area contributed by atoms with E-state index in [0.29, 0.717) is 27.0 Å². The lowest BCUT2D eigenvalue weighted by molar-refractivity contribution is -0.133. The number of nitrogens with zero attached hydrogens (tertiary/aromatic N) is 2. The molecule has 0 radical (unpaired) electrons. The highest BCUT2D eigenvalue weighted by molar-refractivity contribution is 6.36. The average molecular weight is 467 g/mol. The van der Waals surface area contributed by atoms with E-state index < -0.39 is 0 Å². The molecule has 0 aliphatic carbocycles. The van der Waals surface area contributed by atoms with Gasteiger partial charge in [0.05, 0.1) is 12.1 Å². The number of halogens is 2. The summed E-state index contributed by atoms with van der Waals surface area (Å²) >= 11 is 13.0. The van der Waals surface area contributed by atoms with Crippen LogP contribution in [0.2, 0.25) is 10.0 Å². The van der Waals surface area contributed by atoms with E-state index in [1.54, 1.807) is 49.3 Å². The Morgan fingerprint density at radius 2 is 1.66 bits per heavy atom. The van der Waals surface area contributed by atoms with Gasteiger partial charge in [-0.05, 0) is 47.5 Å². The Morgan fingerprint density at radius 3 is 2.25 bits per heavy atom. The van der Waals surface area contributed by atoms with Crippen molar-refractivity contribution in [2.24, 2.45) is 0 Å². The van der Waals surface area contributed by atoms with Crippen LogP contribution in [-0.2, 0) is 4.79 Å². The first-order chi connectivity index (χ1) is 15.5. The summed E-state index contributed by atoms with van der Waals surface area (Å²) < 4.78 is 12.7. The number of hydrogen-bond donors (Lipinski definition) is 0. The van der Waals surface area contributed by atoms with Gasteiger partial charge in [0.15, 0.2) is 5.75 Å². The third kappa shape index (κ3) is 4.35. The van der Waals surface area contributed by atoms with Crippen LogP contribution >= 0.6 is 23.2 Å². The molecular formula is C25H20Cl2N2O3. The molecule has 3 aromatic carbocycles. The predicted octanol–water partition coefficient (Wildman–Crippen LogP) is 6.84. The van der Waals surface area contributed by atoms with E-state index in [2.05, 4.69) is 5.10 Å². The fourth-order valence-corrected chi connectivity index (χ4v) is 3.81. The Hall–Kier alpha value is -3.28. The van der Waals surface area contributed by atoms with Gasteiger partial charge in [-0.25, -0.2) is 4.68 Å². The zero-order chi connectivity index (χ0) is 22.7. The van der Waals surface area contributed by atoms with Crippen molar-refractivity contribution in [2.45, 2.75) is 13.3 Å². The predicted molar refractivity (Wildman–Crippen MR) is 127 cm³/mol. The minimum Gasteiger partial charge on any atom is -0.497 e. The number of aromatic nitrogens is 2. The molecule has 0 spiro atoms. The maximum absolute atomic E-state index is 12.4. The molecule has 1 aromatic heterocycles. The van der Waals surface area contributed by atoms with Crippen LogP contribution in [-0.4, -0.2) is 22.9 Å². The van der Waals surface area contributed by atoms with Crippen LogP contribution < -0.4 is 9.47 Å². The van der Waals surface area contributed by atoms with Gasteiger partial charge in [-0.15, -0.1) is 0 Å². The Bertz CT molecular complexity index is 1240. The second-order valence-corrected chi connectivity index (χ2v) is 7.79. The van der Waals surface area contributed by atoms with E-state index in [4.69, 9.17) is 32.7 Å². The molecule has 5 nitrogen and oxygen atoms in total. The molecule has 32 heavy (non-hydrogen) atoms. The first-order valence-electron chi connectivity index (χ1n) is 9.99. The van der Waals surface area contributed by atoms with Crippen LogP contribution in [0.5, 0.6) is 11.5 Å². The maximum Gasteiger partial charge on any atom is 0.310 e. The molecule has 0 saturated heterocycles. The van der Waals surface area contributed by atoms with Crippen LogP contribution in [0.15, 0.2) is 73.1 Å². The number of rotatable bonds is 6. The molecular weight excluding hydrogens is 447 g/mol. The van der Waals surface area contributed by atoms with Gasteiger partial charge in [0.2, 0.25) is 0 Å². The van der Waals surface area contributed by atoms with Gasteiger partial charge in [0.1, 0.15) is 11.4 Å². The van der Waals surface area contributed by atoms with Crippen LogP contribution in [0, 0.1) is 0 Å². The molecule has 0 amide bonds. The SMILES string of the molecule is CCC(=O)Oc1c(-c2ccc(OC)cc2)cc(-c2ccc(Cl)cc2)c(Cl)c1-n1cccn1. The van der Waals surface area contributed by atoms with Crippen molar-refractivity contribution < 1.29 is 14.3 Å². The first-order valence-corrected chi connectivity index (χ1v) is 10.7. The van der Waals surface area contributed by atoms with Crippen molar-refractivity contribution in [3.63, 3.8) is 0 Å². The van der Waals surface area contributed by atoms with Crippen LogP contribution in [0.25, 0.3) is 27.9 Å². The summed E-state index contributed by atoms with van der Waals surface area (Å²) in [6, 6.07) is 18.6. The standard InChI is InChI=1S/C25H20Cl2N2O3/c1-3-22(30)32-25-21(17-7-11-19(31-2)12-8-17)15-20(16-5-9-18(26)10-6-16)23(27)24(25)29-14-4-13-28-29/h4-15H,3H2,1-2H3. The molecule has 162 valence electrons. The fraction of sp³-hybridized carbons (Fsp3) is 0.120. The lowest BCUT2D eigenvalue weighted by Crippen LogP contribution is -2.11. The van der Waals surface area contributed by atoms with E-state index in [1.807, 2.05) is 42.5 Å². The van der Waals surface area contributed by atoms with Gasteiger partial charge in [0, 0.05) is 35.0 Å². The summed E-state index contributed by atoms with van der Waals surface area (Å²) in [7, 11) is 1.61. The lowest BCUT2D eigenvalue weighted by atomic mass is 9.96. The summed E-state index contributed by atoms with van der Waals surface area (Å²) in [5.74, 6) is 0.692. The highest BCUT2D eigenvalue weighted by Crippen LogP contribution is 2.45. The molecule has 0 aliphatic rings. The summed E-state index contributed by atoms with van der Waals surface area (Å²) in [5, 5.41) is 5.39. The lowest BCUT2D eigenvalue weighted by Gasteiger charge is -2.20. The normalized spacial score (nSPS) is 10.8. The molecule has 0 aliphatic heterocycles. The number of carbonyl (C=O) groups is 1. The molecule has 0 unspecified atom stereocenters. The van der Waals surface area contributed by atoms with Gasteiger partial charge < -0.3 is 9.47 Å². The van der Waals surface area contributed by atoms with Gasteiger partial charge in [-0.2, -0.15) is 5.10 Å². The number of carbonyl (C=O) groups excluding carboxylic acids is 1. The van der Waals surface area contributed by atoms with Crippen molar-refractivity contribution >= 4 is 29.2 Å². The second kappa shape index (κ2) is 9.47. The van der Waals surface area contributed by atoms with Crippen molar-refractivity contribution in [2.75, 3.05) is 7.11 Å². The van der Waals surface area contributed by atoms with Crippen molar-refractivity contribution in [1.29, 1.82) is 0 Å². The molecule has 0 atom stereocenters. The fourth-order valence-electron chi connectivity index (χ4n) is 3.35. The zero-order valence-corrected chi connectivity index (χ0v) is 19.0. The molecule has 7 heteroatoms. The highest BCUT2D eigenvalue weighted by atomic mass is 35.5. The van der Waals surface area contributed by atoms with E-state index in [-0.39, 0.29) is 12.4 Å². The van der Waals surface area contributed by atoms with Crippen molar-refractivity contribution in [3.05, 3.63) is 83.1 Å². The topological polar surface area (TPSA) is 53.4 Å². The Balaban J connectivity index is 2.04. The summed E-state index contributed by atoms with van der Waals surface area (Å²) in [5.41, 5.74) is 3.66. The monoisotopic (exact) mass is 466 g/mol. The summed E-state index contributed by atoms with van der Waals surface area (Å²) in [6.45, 7) is 1.74. The zero-order valence-electron chi connectivity index (χ0n) is 17.5. The average Bonchev–Trinajstić information content (AvgIpc) is 3.34. The maximum atomic E-state index is 12.4. The molecule has 0 saturated carbocycles. The largest absolute Gasteiger partial charge is 0.497 e. The molecule has 4 aromatic rings. The molecule has 0 bridgehead atoms. The Labute approximate surface area is 196 Å². The number of methoxy groups -OCH3 is 1.